The van der Waals surface area contributed by atoms with Crippen LogP contribution in [0.15, 0.2) is 54.6 Å². The number of benzene rings is 2. The smallest absolute Gasteiger partial charge is 0.422 e. The number of nitrogens with zero attached hydrogens (tertiary/aromatic N) is 4. The van der Waals surface area contributed by atoms with Gasteiger partial charge < -0.3 is 10.1 Å². The topological polar surface area (TPSA) is 81.9 Å². The highest BCUT2D eigenvalue weighted by Crippen LogP contribution is 2.26. The standard InChI is InChI=1S/C19H18F3N5O2/c20-19(21,22)13-29-16-10-5-4-9-15(16)23-17(28)11-6-12-27-25-18(24-26-27)14-7-2-1-3-8-14/h1-5,7-10H,6,11-13H2,(H,23,28). The number of alkyl halides is 3. The third-order valence-electron chi connectivity index (χ3n) is 3.80. The molecule has 2 aromatic carbocycles. The van der Waals surface area contributed by atoms with Crippen molar-refractivity contribution in [3.8, 4) is 17.1 Å². The summed E-state index contributed by atoms with van der Waals surface area (Å²) < 4.78 is 41.8. The van der Waals surface area contributed by atoms with Gasteiger partial charge in [-0.1, -0.05) is 42.5 Å². The van der Waals surface area contributed by atoms with Crippen LogP contribution in [0.2, 0.25) is 0 Å². The highest BCUT2D eigenvalue weighted by atomic mass is 19.4. The maximum Gasteiger partial charge on any atom is 0.422 e. The van der Waals surface area contributed by atoms with Crippen molar-refractivity contribution in [2.45, 2.75) is 25.6 Å². The monoisotopic (exact) mass is 405 g/mol. The number of nitrogens with one attached hydrogen (secondary N) is 1. The molecule has 29 heavy (non-hydrogen) atoms. The van der Waals surface area contributed by atoms with Crippen molar-refractivity contribution in [1.29, 1.82) is 0 Å². The van der Waals surface area contributed by atoms with Crippen LogP contribution in [0.5, 0.6) is 5.75 Å². The first-order chi connectivity index (χ1) is 13.9. The van der Waals surface area contributed by atoms with Crippen molar-refractivity contribution in [2.75, 3.05) is 11.9 Å². The zero-order valence-electron chi connectivity index (χ0n) is 15.3. The van der Waals surface area contributed by atoms with Gasteiger partial charge in [-0.15, -0.1) is 10.2 Å². The van der Waals surface area contributed by atoms with Crippen molar-refractivity contribution in [2.24, 2.45) is 0 Å². The fraction of sp³-hybridized carbons (Fsp3) is 0.263. The molecule has 7 nitrogen and oxygen atoms in total. The molecule has 1 amide bonds. The second kappa shape index (κ2) is 9.18. The fourth-order valence-electron chi connectivity index (χ4n) is 2.49. The molecule has 3 aromatic rings. The minimum absolute atomic E-state index is 0.0383. The number of hydrogen-bond donors (Lipinski definition) is 1. The van der Waals surface area contributed by atoms with Gasteiger partial charge in [-0.05, 0) is 23.8 Å². The third-order valence-corrected chi connectivity index (χ3v) is 3.80. The van der Waals surface area contributed by atoms with Crippen LogP contribution in [0.4, 0.5) is 18.9 Å². The van der Waals surface area contributed by atoms with Crippen molar-refractivity contribution >= 4 is 11.6 Å². The van der Waals surface area contributed by atoms with Gasteiger partial charge in [0, 0.05) is 12.0 Å². The van der Waals surface area contributed by atoms with E-state index >= 15 is 0 Å². The predicted molar refractivity (Wildman–Crippen MR) is 99.1 cm³/mol. The molecule has 10 heteroatoms. The molecular formula is C19H18F3N5O2. The number of tetrazole rings is 1. The van der Waals surface area contributed by atoms with Crippen molar-refractivity contribution < 1.29 is 22.7 Å². The Hall–Kier alpha value is -3.43. The minimum atomic E-state index is -4.46. The SMILES string of the molecule is O=C(CCCn1nnc(-c2ccccc2)n1)Nc1ccccc1OCC(F)(F)F. The summed E-state index contributed by atoms with van der Waals surface area (Å²) >= 11 is 0. The van der Waals surface area contributed by atoms with E-state index < -0.39 is 12.8 Å². The summed E-state index contributed by atoms with van der Waals surface area (Å²) in [6.45, 7) is -1.05. The van der Waals surface area contributed by atoms with Crippen LogP contribution >= 0.6 is 0 Å². The number of aromatic nitrogens is 4. The molecule has 0 aliphatic heterocycles. The number of aryl methyl sites for hydroxylation is 1. The summed E-state index contributed by atoms with van der Waals surface area (Å²) in [4.78, 5) is 13.5. The van der Waals surface area contributed by atoms with E-state index in [1.807, 2.05) is 30.3 Å². The zero-order chi connectivity index (χ0) is 20.7. The van der Waals surface area contributed by atoms with Gasteiger partial charge in [0.05, 0.1) is 12.2 Å². The molecular weight excluding hydrogens is 387 g/mol. The Morgan fingerprint density at radius 3 is 2.55 bits per heavy atom. The van der Waals surface area contributed by atoms with E-state index in [-0.39, 0.29) is 23.8 Å². The molecule has 0 saturated carbocycles. The summed E-state index contributed by atoms with van der Waals surface area (Å²) in [5.74, 6) is 0.103. The summed E-state index contributed by atoms with van der Waals surface area (Å²) in [5.41, 5.74) is 1.03. The van der Waals surface area contributed by atoms with Gasteiger partial charge in [-0.2, -0.15) is 18.0 Å². The summed E-state index contributed by atoms with van der Waals surface area (Å²) in [6.07, 6.45) is -3.89. The lowest BCUT2D eigenvalue weighted by Crippen LogP contribution is -2.20. The van der Waals surface area contributed by atoms with Gasteiger partial charge >= 0.3 is 6.18 Å². The first kappa shape index (κ1) is 20.3. The van der Waals surface area contributed by atoms with E-state index in [2.05, 4.69) is 20.7 Å². The average molecular weight is 405 g/mol. The second-order valence-electron chi connectivity index (χ2n) is 6.13. The second-order valence-corrected chi connectivity index (χ2v) is 6.13. The molecule has 0 atom stereocenters. The number of carbonyl (C=O) groups is 1. The number of anilines is 1. The Balaban J connectivity index is 1.49. The molecule has 1 heterocycles. The Labute approximate surface area is 164 Å². The molecule has 0 aliphatic carbocycles. The summed E-state index contributed by atoms with van der Waals surface area (Å²) in [5, 5.41) is 14.8. The lowest BCUT2D eigenvalue weighted by molar-refractivity contribution is -0.153. The first-order valence-electron chi connectivity index (χ1n) is 8.82. The van der Waals surface area contributed by atoms with Crippen LogP contribution in [0.3, 0.4) is 0 Å². The molecule has 0 radical (unpaired) electrons. The molecule has 1 aromatic heterocycles. The molecule has 0 aliphatic rings. The van der Waals surface area contributed by atoms with E-state index in [9.17, 15) is 18.0 Å². The van der Waals surface area contributed by atoms with Crippen LogP contribution in [0.1, 0.15) is 12.8 Å². The van der Waals surface area contributed by atoms with Gasteiger partial charge in [0.25, 0.3) is 0 Å². The van der Waals surface area contributed by atoms with Gasteiger partial charge in [0.1, 0.15) is 5.75 Å². The van der Waals surface area contributed by atoms with Gasteiger partial charge in [-0.25, -0.2) is 0 Å². The van der Waals surface area contributed by atoms with E-state index in [0.717, 1.165) is 5.56 Å². The van der Waals surface area contributed by atoms with Crippen LogP contribution in [-0.2, 0) is 11.3 Å². The van der Waals surface area contributed by atoms with E-state index in [0.29, 0.717) is 18.8 Å². The van der Waals surface area contributed by atoms with Crippen LogP contribution in [0, 0.1) is 0 Å². The molecule has 0 saturated heterocycles. The molecule has 0 spiro atoms. The average Bonchev–Trinajstić information content (AvgIpc) is 3.16. The van der Waals surface area contributed by atoms with Crippen LogP contribution in [0.25, 0.3) is 11.4 Å². The normalized spacial score (nSPS) is 11.3. The van der Waals surface area contributed by atoms with Crippen LogP contribution < -0.4 is 10.1 Å². The van der Waals surface area contributed by atoms with E-state index in [1.165, 1.54) is 23.0 Å². The van der Waals surface area contributed by atoms with Gasteiger partial charge in [-0.3, -0.25) is 4.79 Å². The Bertz CT molecular complexity index is 944. The van der Waals surface area contributed by atoms with E-state index in [4.69, 9.17) is 4.74 Å². The molecule has 0 fully saturated rings. The first-order valence-corrected chi connectivity index (χ1v) is 8.82. The molecule has 0 unspecified atom stereocenters. The van der Waals surface area contributed by atoms with Crippen LogP contribution in [-0.4, -0.2) is 38.9 Å². The van der Waals surface area contributed by atoms with Crippen molar-refractivity contribution in [3.05, 3.63) is 54.6 Å². The third kappa shape index (κ3) is 6.30. The molecule has 0 bridgehead atoms. The summed E-state index contributed by atoms with van der Waals surface area (Å²) in [6, 6.07) is 15.3. The lowest BCUT2D eigenvalue weighted by atomic mass is 10.2. The van der Waals surface area contributed by atoms with E-state index in [1.54, 1.807) is 6.07 Å². The number of carbonyl (C=O) groups excluding carboxylic acids is 1. The Morgan fingerprint density at radius 2 is 1.79 bits per heavy atom. The highest BCUT2D eigenvalue weighted by Gasteiger charge is 2.28. The maximum absolute atomic E-state index is 12.3. The molecule has 1 N–H and O–H groups in total. The van der Waals surface area contributed by atoms with Crippen molar-refractivity contribution in [3.63, 3.8) is 0 Å². The molecule has 152 valence electrons. The lowest BCUT2D eigenvalue weighted by Gasteiger charge is -2.13. The number of ether oxygens (including phenoxy) is 1. The zero-order valence-corrected chi connectivity index (χ0v) is 15.3. The number of amides is 1. The maximum atomic E-state index is 12.3. The minimum Gasteiger partial charge on any atom is -0.482 e. The number of hydrogen-bond acceptors (Lipinski definition) is 5. The van der Waals surface area contributed by atoms with Crippen molar-refractivity contribution in [1.82, 2.24) is 20.2 Å². The predicted octanol–water partition coefficient (Wildman–Crippen LogP) is 3.70. The number of rotatable bonds is 8. The Kier molecular flexibility index (Phi) is 6.43. The van der Waals surface area contributed by atoms with Gasteiger partial charge in [0.15, 0.2) is 6.61 Å². The summed E-state index contributed by atoms with van der Waals surface area (Å²) in [7, 11) is 0. The van der Waals surface area contributed by atoms with Gasteiger partial charge in [0.2, 0.25) is 11.7 Å². The quantitative estimate of drug-likeness (QED) is 0.618. The molecule has 3 rings (SSSR count). The Morgan fingerprint density at radius 1 is 1.07 bits per heavy atom. The number of para-hydroxylation sites is 2. The largest absolute Gasteiger partial charge is 0.482 e. The highest BCUT2D eigenvalue weighted by molar-refractivity contribution is 5.92. The number of halogens is 3. The fourth-order valence-corrected chi connectivity index (χ4v) is 2.49.